The number of fused-ring (bicyclic) bond motifs is 1. The van der Waals surface area contributed by atoms with Gasteiger partial charge in [-0.25, -0.2) is 4.79 Å². The summed E-state index contributed by atoms with van der Waals surface area (Å²) in [6.45, 7) is 2.47. The summed E-state index contributed by atoms with van der Waals surface area (Å²) in [5.74, 6) is 0. The quantitative estimate of drug-likeness (QED) is 0.792. The van der Waals surface area contributed by atoms with Crippen molar-refractivity contribution in [3.63, 3.8) is 0 Å². The van der Waals surface area contributed by atoms with E-state index in [4.69, 9.17) is 11.6 Å². The fourth-order valence-corrected chi connectivity index (χ4v) is 3.76. The zero-order chi connectivity index (χ0) is 16.5. The molecule has 1 aliphatic heterocycles. The second kappa shape index (κ2) is 6.46. The van der Waals surface area contributed by atoms with Gasteiger partial charge >= 0.3 is 5.69 Å². The van der Waals surface area contributed by atoms with Gasteiger partial charge in [0, 0.05) is 11.1 Å². The van der Waals surface area contributed by atoms with Gasteiger partial charge in [0.15, 0.2) is 0 Å². The van der Waals surface area contributed by atoms with E-state index in [0.717, 1.165) is 42.5 Å². The van der Waals surface area contributed by atoms with Gasteiger partial charge in [-0.2, -0.15) is 0 Å². The zero-order valence-corrected chi connectivity index (χ0v) is 14.2. The fraction of sp³-hybridized carbons (Fsp3) is 0.316. The van der Waals surface area contributed by atoms with Gasteiger partial charge < -0.3 is 5.32 Å². The second-order valence-corrected chi connectivity index (χ2v) is 6.77. The number of hydrogen-bond donors (Lipinski definition) is 1. The maximum atomic E-state index is 13.2. The minimum Gasteiger partial charge on any atom is -0.317 e. The first-order valence-electron chi connectivity index (χ1n) is 8.39. The molecule has 1 saturated heterocycles. The Hall–Kier alpha value is -2.04. The van der Waals surface area contributed by atoms with Crippen LogP contribution in [0.2, 0.25) is 5.02 Å². The van der Waals surface area contributed by atoms with Crippen molar-refractivity contribution in [3.8, 4) is 0 Å². The maximum Gasteiger partial charge on any atom is 0.329 e. The highest BCUT2D eigenvalue weighted by molar-refractivity contribution is 6.31. The highest BCUT2D eigenvalue weighted by atomic mass is 35.5. The molecule has 24 heavy (non-hydrogen) atoms. The number of halogens is 1. The van der Waals surface area contributed by atoms with E-state index in [-0.39, 0.29) is 11.7 Å². The summed E-state index contributed by atoms with van der Waals surface area (Å²) < 4.78 is 3.81. The Morgan fingerprint density at radius 3 is 2.54 bits per heavy atom. The molecule has 1 N–H and O–H groups in total. The molecule has 1 aromatic heterocycles. The molecule has 1 fully saturated rings. The third kappa shape index (κ3) is 2.76. The average molecular weight is 342 g/mol. The molecule has 2 aromatic carbocycles. The van der Waals surface area contributed by atoms with Crippen LogP contribution >= 0.6 is 11.6 Å². The molecule has 0 spiro atoms. The molecule has 4 rings (SSSR count). The predicted octanol–water partition coefficient (Wildman–Crippen LogP) is 3.43. The van der Waals surface area contributed by atoms with Crippen LogP contribution in [0.3, 0.4) is 0 Å². The predicted molar refractivity (Wildman–Crippen MR) is 97.9 cm³/mol. The Labute approximate surface area is 145 Å². The van der Waals surface area contributed by atoms with Gasteiger partial charge in [-0.05, 0) is 49.7 Å². The zero-order valence-electron chi connectivity index (χ0n) is 13.4. The Bertz CT molecular complexity index is 908. The van der Waals surface area contributed by atoms with Crippen LogP contribution in [0, 0.1) is 0 Å². The van der Waals surface area contributed by atoms with E-state index in [1.165, 1.54) is 0 Å². The van der Waals surface area contributed by atoms with Crippen LogP contribution < -0.4 is 11.0 Å². The third-order valence-corrected chi connectivity index (χ3v) is 5.02. The van der Waals surface area contributed by atoms with Crippen LogP contribution in [0.15, 0.2) is 53.3 Å². The van der Waals surface area contributed by atoms with E-state index in [1.54, 1.807) is 0 Å². The van der Waals surface area contributed by atoms with Gasteiger partial charge in [-0.3, -0.25) is 9.13 Å². The highest BCUT2D eigenvalue weighted by Gasteiger charge is 2.22. The molecule has 2 heterocycles. The van der Waals surface area contributed by atoms with Gasteiger partial charge in [0.05, 0.1) is 17.6 Å². The van der Waals surface area contributed by atoms with Gasteiger partial charge in [0.1, 0.15) is 0 Å². The molecular formula is C19H20ClN3O. The molecule has 0 unspecified atom stereocenters. The number of aromatic nitrogens is 2. The molecule has 1 aliphatic rings. The van der Waals surface area contributed by atoms with E-state index in [2.05, 4.69) is 5.32 Å². The molecule has 0 saturated carbocycles. The molecule has 0 bridgehead atoms. The van der Waals surface area contributed by atoms with Crippen molar-refractivity contribution in [2.75, 3.05) is 13.1 Å². The lowest BCUT2D eigenvalue weighted by Gasteiger charge is -2.23. The lowest BCUT2D eigenvalue weighted by molar-refractivity contribution is 0.365. The van der Waals surface area contributed by atoms with Crippen LogP contribution in [0.5, 0.6) is 0 Å². The third-order valence-electron chi connectivity index (χ3n) is 4.78. The van der Waals surface area contributed by atoms with Gasteiger partial charge in [0.2, 0.25) is 0 Å². The Balaban J connectivity index is 1.87. The molecule has 0 atom stereocenters. The highest BCUT2D eigenvalue weighted by Crippen LogP contribution is 2.25. The topological polar surface area (TPSA) is 39.0 Å². The number of hydrogen-bond acceptors (Lipinski definition) is 2. The molecule has 5 heteroatoms. The summed E-state index contributed by atoms with van der Waals surface area (Å²) in [7, 11) is 0. The fourth-order valence-electron chi connectivity index (χ4n) is 3.59. The van der Waals surface area contributed by atoms with Gasteiger partial charge in [0.25, 0.3) is 0 Å². The molecule has 4 nitrogen and oxygen atoms in total. The first-order valence-corrected chi connectivity index (χ1v) is 8.77. The minimum absolute atomic E-state index is 0.0584. The lowest BCUT2D eigenvalue weighted by atomic mass is 10.1. The van der Waals surface area contributed by atoms with Crippen molar-refractivity contribution in [1.29, 1.82) is 0 Å². The molecule has 3 aromatic rings. The number of nitrogens with zero attached hydrogens (tertiary/aromatic N) is 2. The van der Waals surface area contributed by atoms with Gasteiger partial charge in [-0.15, -0.1) is 0 Å². The molecule has 0 aliphatic carbocycles. The van der Waals surface area contributed by atoms with Crippen LogP contribution in [0.1, 0.15) is 24.4 Å². The number of benzene rings is 2. The van der Waals surface area contributed by atoms with Crippen molar-refractivity contribution in [3.05, 3.63) is 69.6 Å². The van der Waals surface area contributed by atoms with E-state index in [9.17, 15) is 4.79 Å². The van der Waals surface area contributed by atoms with Crippen LogP contribution in [-0.4, -0.2) is 22.2 Å². The summed E-state index contributed by atoms with van der Waals surface area (Å²) in [5, 5.41) is 4.02. The Kier molecular flexibility index (Phi) is 4.17. The average Bonchev–Trinajstić information content (AvgIpc) is 2.88. The van der Waals surface area contributed by atoms with Crippen molar-refractivity contribution in [1.82, 2.24) is 14.5 Å². The van der Waals surface area contributed by atoms with E-state index in [0.29, 0.717) is 11.6 Å². The second-order valence-electron chi connectivity index (χ2n) is 6.34. The van der Waals surface area contributed by atoms with Crippen LogP contribution in [0.4, 0.5) is 0 Å². The van der Waals surface area contributed by atoms with Gasteiger partial charge in [-0.1, -0.05) is 41.9 Å². The lowest BCUT2D eigenvalue weighted by Crippen LogP contribution is -2.35. The molecule has 0 amide bonds. The standard InChI is InChI=1S/C19H20ClN3O/c20-15-6-7-17-18(12-15)22(13-14-4-2-1-3-5-14)19(24)23(17)16-8-10-21-11-9-16/h1-7,12,16,21H,8-11,13H2. The van der Waals surface area contributed by atoms with E-state index in [1.807, 2.05) is 57.7 Å². The summed E-state index contributed by atoms with van der Waals surface area (Å²) in [6.07, 6.45) is 1.96. The largest absolute Gasteiger partial charge is 0.329 e. The van der Waals surface area contributed by atoms with E-state index < -0.39 is 0 Å². The van der Waals surface area contributed by atoms with Crippen molar-refractivity contribution < 1.29 is 0 Å². The Morgan fingerprint density at radius 1 is 1.04 bits per heavy atom. The normalized spacial score (nSPS) is 15.9. The molecule has 124 valence electrons. The Morgan fingerprint density at radius 2 is 1.79 bits per heavy atom. The number of piperidine rings is 1. The summed E-state index contributed by atoms with van der Waals surface area (Å²) in [5.41, 5.74) is 3.06. The monoisotopic (exact) mass is 341 g/mol. The molecule has 0 radical (unpaired) electrons. The number of nitrogens with one attached hydrogen (secondary N) is 1. The van der Waals surface area contributed by atoms with Crippen LogP contribution in [0.25, 0.3) is 11.0 Å². The molecular weight excluding hydrogens is 322 g/mol. The van der Waals surface area contributed by atoms with Crippen molar-refractivity contribution in [2.45, 2.75) is 25.4 Å². The number of rotatable bonds is 3. The van der Waals surface area contributed by atoms with Crippen molar-refractivity contribution >= 4 is 22.6 Å². The summed E-state index contributed by atoms with van der Waals surface area (Å²) >= 11 is 6.21. The minimum atomic E-state index is 0.0584. The first-order chi connectivity index (χ1) is 11.7. The SMILES string of the molecule is O=c1n(Cc2ccccc2)c2cc(Cl)ccc2n1C1CCNCC1. The first kappa shape index (κ1) is 15.5. The summed E-state index contributed by atoms with van der Waals surface area (Å²) in [6, 6.07) is 16.1. The summed E-state index contributed by atoms with van der Waals surface area (Å²) in [4.78, 5) is 13.2. The smallest absolute Gasteiger partial charge is 0.317 e. The maximum absolute atomic E-state index is 13.2. The number of imidazole rings is 1. The van der Waals surface area contributed by atoms with Crippen molar-refractivity contribution in [2.24, 2.45) is 0 Å². The van der Waals surface area contributed by atoms with Crippen LogP contribution in [-0.2, 0) is 6.54 Å². The van der Waals surface area contributed by atoms with E-state index >= 15 is 0 Å².